The monoisotopic (exact) mass is 254 g/mol. The molecule has 0 fully saturated rings. The Morgan fingerprint density at radius 1 is 1.33 bits per heavy atom. The van der Waals surface area contributed by atoms with Gasteiger partial charge in [0.1, 0.15) is 5.82 Å². The molecule has 0 saturated heterocycles. The summed E-state index contributed by atoms with van der Waals surface area (Å²) in [6.45, 7) is 2.74. The fourth-order valence-corrected chi connectivity index (χ4v) is 1.58. The largest absolute Gasteiger partial charge is 0.469 e. The van der Waals surface area contributed by atoms with Crippen LogP contribution in [0.1, 0.15) is 12.7 Å². The lowest BCUT2D eigenvalue weighted by atomic mass is 10.2. The van der Waals surface area contributed by atoms with Gasteiger partial charge in [-0.05, 0) is 7.05 Å². The number of aromatic nitrogens is 3. The third kappa shape index (κ3) is 4.13. The molecule has 1 atom stereocenters. The summed E-state index contributed by atoms with van der Waals surface area (Å²) in [5.41, 5.74) is 10.9. The van der Waals surface area contributed by atoms with E-state index in [4.69, 9.17) is 11.5 Å². The van der Waals surface area contributed by atoms with Crippen molar-refractivity contribution in [2.24, 2.45) is 5.92 Å². The molecule has 0 spiro atoms. The van der Waals surface area contributed by atoms with Crippen LogP contribution in [0.15, 0.2) is 0 Å². The molecule has 0 aliphatic carbocycles. The Bertz CT molecular complexity index is 405. The normalized spacial score (nSPS) is 12.4. The SMILES string of the molecule is COC(=O)C(C)CN(C)Cc1nc(N)nc(N)n1. The first-order valence-electron chi connectivity index (χ1n) is 5.44. The Kier molecular flexibility index (Phi) is 4.78. The molecule has 4 N–H and O–H groups in total. The maximum Gasteiger partial charge on any atom is 0.309 e. The molecule has 0 radical (unpaired) electrons. The Morgan fingerprint density at radius 2 is 1.89 bits per heavy atom. The van der Waals surface area contributed by atoms with Gasteiger partial charge in [0, 0.05) is 6.54 Å². The molecule has 1 aromatic rings. The Hall–Kier alpha value is -1.96. The summed E-state index contributed by atoms with van der Waals surface area (Å²) in [4.78, 5) is 24.8. The number of carbonyl (C=O) groups excluding carboxylic acids is 1. The van der Waals surface area contributed by atoms with Crippen LogP contribution < -0.4 is 11.5 Å². The summed E-state index contributed by atoms with van der Waals surface area (Å²) >= 11 is 0. The van der Waals surface area contributed by atoms with Crippen LogP contribution >= 0.6 is 0 Å². The average molecular weight is 254 g/mol. The average Bonchev–Trinajstić information content (AvgIpc) is 2.25. The van der Waals surface area contributed by atoms with Gasteiger partial charge in [0.05, 0.1) is 19.6 Å². The number of esters is 1. The number of hydrogen-bond donors (Lipinski definition) is 2. The van der Waals surface area contributed by atoms with E-state index in [0.29, 0.717) is 18.9 Å². The van der Waals surface area contributed by atoms with E-state index in [1.807, 2.05) is 11.9 Å². The molecule has 8 heteroatoms. The number of hydrogen-bond acceptors (Lipinski definition) is 8. The van der Waals surface area contributed by atoms with Crippen LogP contribution in [0.3, 0.4) is 0 Å². The molecule has 1 unspecified atom stereocenters. The summed E-state index contributed by atoms with van der Waals surface area (Å²) in [6.07, 6.45) is 0. The van der Waals surface area contributed by atoms with Crippen molar-refractivity contribution in [3.05, 3.63) is 5.82 Å². The van der Waals surface area contributed by atoms with Crippen LogP contribution in [0.25, 0.3) is 0 Å². The van der Waals surface area contributed by atoms with Gasteiger partial charge in [-0.2, -0.15) is 15.0 Å². The Labute approximate surface area is 105 Å². The summed E-state index contributed by atoms with van der Waals surface area (Å²) in [5, 5.41) is 0. The molecule has 18 heavy (non-hydrogen) atoms. The lowest BCUT2D eigenvalue weighted by Gasteiger charge is -2.19. The van der Waals surface area contributed by atoms with E-state index in [1.54, 1.807) is 6.92 Å². The predicted octanol–water partition coefficient (Wildman–Crippen LogP) is -0.723. The van der Waals surface area contributed by atoms with E-state index in [1.165, 1.54) is 7.11 Å². The minimum absolute atomic E-state index is 0.0897. The fraction of sp³-hybridized carbons (Fsp3) is 0.600. The standard InChI is InChI=1S/C10H18N6O2/c1-6(8(17)18-3)4-16(2)5-7-13-9(11)15-10(12)14-7/h6H,4-5H2,1-3H3,(H4,11,12,13,14,15). The summed E-state index contributed by atoms with van der Waals surface area (Å²) in [7, 11) is 3.21. The van der Waals surface area contributed by atoms with Crippen molar-refractivity contribution >= 4 is 17.9 Å². The lowest BCUT2D eigenvalue weighted by Crippen LogP contribution is -2.29. The van der Waals surface area contributed by atoms with Crippen molar-refractivity contribution in [3.8, 4) is 0 Å². The van der Waals surface area contributed by atoms with Crippen molar-refractivity contribution < 1.29 is 9.53 Å². The maximum absolute atomic E-state index is 11.3. The highest BCUT2D eigenvalue weighted by atomic mass is 16.5. The number of anilines is 2. The van der Waals surface area contributed by atoms with Gasteiger partial charge in [-0.25, -0.2) is 0 Å². The zero-order valence-corrected chi connectivity index (χ0v) is 10.8. The molecule has 8 nitrogen and oxygen atoms in total. The van der Waals surface area contributed by atoms with Crippen molar-refractivity contribution in [1.82, 2.24) is 19.9 Å². The maximum atomic E-state index is 11.3. The zero-order valence-electron chi connectivity index (χ0n) is 10.8. The number of ether oxygens (including phenoxy) is 1. The number of nitrogens with two attached hydrogens (primary N) is 2. The first-order valence-corrected chi connectivity index (χ1v) is 5.44. The molecular formula is C10H18N6O2. The Morgan fingerprint density at radius 3 is 2.39 bits per heavy atom. The minimum atomic E-state index is -0.253. The fourth-order valence-electron chi connectivity index (χ4n) is 1.58. The van der Waals surface area contributed by atoms with Crippen LogP contribution in [-0.2, 0) is 16.1 Å². The first kappa shape index (κ1) is 14.1. The van der Waals surface area contributed by atoms with Gasteiger partial charge in [-0.3, -0.25) is 9.69 Å². The molecule has 0 aromatic carbocycles. The summed E-state index contributed by atoms with van der Waals surface area (Å²) in [6, 6.07) is 0. The molecule has 0 aliphatic rings. The van der Waals surface area contributed by atoms with Crippen molar-refractivity contribution in [2.75, 3.05) is 32.2 Å². The Balaban J connectivity index is 2.59. The van der Waals surface area contributed by atoms with Gasteiger partial charge in [-0.15, -0.1) is 0 Å². The molecular weight excluding hydrogens is 236 g/mol. The third-order valence-electron chi connectivity index (χ3n) is 2.32. The van der Waals surface area contributed by atoms with Crippen molar-refractivity contribution in [1.29, 1.82) is 0 Å². The number of nitrogen functional groups attached to an aromatic ring is 2. The molecule has 1 heterocycles. The van der Waals surface area contributed by atoms with E-state index in [0.717, 1.165) is 0 Å². The second-order valence-electron chi connectivity index (χ2n) is 4.09. The van der Waals surface area contributed by atoms with Crippen LogP contribution in [0.5, 0.6) is 0 Å². The second kappa shape index (κ2) is 6.10. The summed E-state index contributed by atoms with van der Waals surface area (Å²) < 4.78 is 4.65. The van der Waals surface area contributed by atoms with Gasteiger partial charge < -0.3 is 16.2 Å². The quantitative estimate of drug-likeness (QED) is 0.660. The van der Waals surface area contributed by atoms with Crippen LogP contribution in [-0.4, -0.2) is 46.5 Å². The zero-order chi connectivity index (χ0) is 13.7. The number of rotatable bonds is 5. The molecule has 1 aromatic heterocycles. The molecule has 0 amide bonds. The van der Waals surface area contributed by atoms with Gasteiger partial charge in [0.2, 0.25) is 11.9 Å². The van der Waals surface area contributed by atoms with Crippen LogP contribution in [0.4, 0.5) is 11.9 Å². The van der Waals surface area contributed by atoms with Crippen molar-refractivity contribution in [2.45, 2.75) is 13.5 Å². The number of methoxy groups -OCH3 is 1. The predicted molar refractivity (Wildman–Crippen MR) is 66.2 cm³/mol. The molecule has 0 aliphatic heterocycles. The molecule has 100 valence electrons. The van der Waals surface area contributed by atoms with Gasteiger partial charge >= 0.3 is 5.97 Å². The van der Waals surface area contributed by atoms with Gasteiger partial charge in [0.15, 0.2) is 0 Å². The van der Waals surface area contributed by atoms with E-state index < -0.39 is 0 Å². The topological polar surface area (TPSA) is 120 Å². The van der Waals surface area contributed by atoms with Crippen molar-refractivity contribution in [3.63, 3.8) is 0 Å². The molecule has 0 bridgehead atoms. The third-order valence-corrected chi connectivity index (χ3v) is 2.32. The number of carbonyl (C=O) groups is 1. The van der Waals surface area contributed by atoms with Crippen LogP contribution in [0.2, 0.25) is 0 Å². The van der Waals surface area contributed by atoms with E-state index in [-0.39, 0.29) is 23.8 Å². The second-order valence-corrected chi connectivity index (χ2v) is 4.09. The highest BCUT2D eigenvalue weighted by Crippen LogP contribution is 2.05. The van der Waals surface area contributed by atoms with E-state index in [2.05, 4.69) is 19.7 Å². The van der Waals surface area contributed by atoms with E-state index in [9.17, 15) is 4.79 Å². The lowest BCUT2D eigenvalue weighted by molar-refractivity contribution is -0.145. The van der Waals surface area contributed by atoms with Gasteiger partial charge in [-0.1, -0.05) is 6.92 Å². The number of nitrogens with zero attached hydrogens (tertiary/aromatic N) is 4. The first-order chi connectivity index (χ1) is 8.42. The highest BCUT2D eigenvalue weighted by molar-refractivity contribution is 5.72. The summed E-state index contributed by atoms with van der Waals surface area (Å²) in [5.74, 6) is 0.173. The van der Waals surface area contributed by atoms with E-state index >= 15 is 0 Å². The van der Waals surface area contributed by atoms with Gasteiger partial charge in [0.25, 0.3) is 0 Å². The highest BCUT2D eigenvalue weighted by Gasteiger charge is 2.16. The molecule has 0 saturated carbocycles. The van der Waals surface area contributed by atoms with Crippen LogP contribution in [0, 0.1) is 5.92 Å². The minimum Gasteiger partial charge on any atom is -0.469 e. The smallest absolute Gasteiger partial charge is 0.309 e. The molecule has 1 rings (SSSR count).